The predicted octanol–water partition coefficient (Wildman–Crippen LogP) is 4.86. The number of hydrogen-bond acceptors (Lipinski definition) is 4. The highest BCUT2D eigenvalue weighted by Gasteiger charge is 2.42. The first-order valence-corrected chi connectivity index (χ1v) is 8.98. The van der Waals surface area contributed by atoms with Crippen molar-refractivity contribution in [1.29, 1.82) is 0 Å². The Morgan fingerprint density at radius 1 is 0.885 bits per heavy atom. The summed E-state index contributed by atoms with van der Waals surface area (Å²) in [6.07, 6.45) is 0.605. The van der Waals surface area contributed by atoms with Crippen molar-refractivity contribution in [1.82, 2.24) is 10.0 Å². The number of benzene rings is 2. The molecule has 0 aliphatic carbocycles. The first-order chi connectivity index (χ1) is 12.7. The summed E-state index contributed by atoms with van der Waals surface area (Å²) in [4.78, 5) is 23.6. The van der Waals surface area contributed by atoms with Gasteiger partial charge in [0.25, 0.3) is 0 Å². The molecule has 2 aromatic rings. The van der Waals surface area contributed by atoms with Gasteiger partial charge in [0, 0.05) is 6.54 Å². The molecule has 0 spiro atoms. The van der Waals surface area contributed by atoms with Crippen molar-refractivity contribution in [2.24, 2.45) is 16.5 Å². The summed E-state index contributed by atoms with van der Waals surface area (Å²) in [6, 6.07) is 18.9. The fourth-order valence-corrected chi connectivity index (χ4v) is 3.96. The van der Waals surface area contributed by atoms with E-state index in [1.54, 1.807) is 10.0 Å². The molecule has 6 heteroatoms. The van der Waals surface area contributed by atoms with Gasteiger partial charge in [0.05, 0.1) is 28.7 Å². The third kappa shape index (κ3) is 3.45. The number of nitroso groups, excluding NO2 is 2. The van der Waals surface area contributed by atoms with Crippen LogP contribution in [0.15, 0.2) is 71.2 Å². The lowest BCUT2D eigenvalue weighted by atomic mass is 9.89. The fraction of sp³-hybridized carbons (Fsp3) is 0.400. The smallest absolute Gasteiger partial charge is 0.0982 e. The van der Waals surface area contributed by atoms with E-state index in [1.807, 2.05) is 74.5 Å². The molecule has 0 unspecified atom stereocenters. The number of nitrogens with zero attached hydrogens (tertiary/aromatic N) is 4. The fourth-order valence-electron chi connectivity index (χ4n) is 3.96. The quantitative estimate of drug-likeness (QED) is 0.721. The highest BCUT2D eigenvalue weighted by atomic mass is 16.3. The van der Waals surface area contributed by atoms with Gasteiger partial charge in [0.15, 0.2) is 0 Å². The van der Waals surface area contributed by atoms with Gasteiger partial charge in [-0.15, -0.1) is 9.81 Å². The van der Waals surface area contributed by atoms with E-state index >= 15 is 0 Å². The average molecular weight is 352 g/mol. The molecular weight excluding hydrogens is 328 g/mol. The zero-order valence-electron chi connectivity index (χ0n) is 15.1. The van der Waals surface area contributed by atoms with E-state index in [0.717, 1.165) is 11.1 Å². The molecular formula is C20H24N4O2. The number of hydrogen-bond donors (Lipinski definition) is 0. The van der Waals surface area contributed by atoms with Crippen LogP contribution in [0.5, 0.6) is 0 Å². The summed E-state index contributed by atoms with van der Waals surface area (Å²) >= 11 is 0. The van der Waals surface area contributed by atoms with Gasteiger partial charge < -0.3 is 0 Å². The molecule has 0 bridgehead atoms. The molecule has 3 rings (SSSR count). The maximum atomic E-state index is 12.0. The van der Waals surface area contributed by atoms with Crippen molar-refractivity contribution in [3.8, 4) is 0 Å². The van der Waals surface area contributed by atoms with E-state index in [0.29, 0.717) is 13.0 Å². The van der Waals surface area contributed by atoms with Gasteiger partial charge in [0.1, 0.15) is 0 Å². The Morgan fingerprint density at radius 2 is 1.46 bits per heavy atom. The van der Waals surface area contributed by atoms with Crippen LogP contribution in [0, 0.1) is 15.7 Å². The maximum absolute atomic E-state index is 12.0. The molecule has 1 aliphatic heterocycles. The monoisotopic (exact) mass is 352 g/mol. The molecule has 3 atom stereocenters. The minimum absolute atomic E-state index is 0.122. The van der Waals surface area contributed by atoms with Gasteiger partial charge in [-0.3, -0.25) is 5.01 Å². The van der Waals surface area contributed by atoms with Crippen LogP contribution >= 0.6 is 0 Å². The van der Waals surface area contributed by atoms with Crippen molar-refractivity contribution in [2.75, 3.05) is 6.54 Å². The highest BCUT2D eigenvalue weighted by Crippen LogP contribution is 2.42. The first-order valence-electron chi connectivity index (χ1n) is 8.98. The first kappa shape index (κ1) is 18.0. The lowest BCUT2D eigenvalue weighted by Gasteiger charge is -2.38. The van der Waals surface area contributed by atoms with E-state index in [4.69, 9.17) is 0 Å². The van der Waals surface area contributed by atoms with E-state index < -0.39 is 0 Å². The third-order valence-corrected chi connectivity index (χ3v) is 5.11. The molecule has 0 aromatic heterocycles. The molecule has 0 saturated carbocycles. The van der Waals surface area contributed by atoms with Crippen LogP contribution in [0.2, 0.25) is 0 Å². The minimum Gasteiger partial charge on any atom is -0.255 e. The van der Waals surface area contributed by atoms with Gasteiger partial charge in [0.2, 0.25) is 0 Å². The van der Waals surface area contributed by atoms with Crippen LogP contribution < -0.4 is 0 Å². The van der Waals surface area contributed by atoms with Crippen LogP contribution in [-0.4, -0.2) is 22.6 Å². The largest absolute Gasteiger partial charge is 0.255 e. The molecule has 2 aromatic carbocycles. The molecule has 0 amide bonds. The summed E-state index contributed by atoms with van der Waals surface area (Å²) in [5.41, 5.74) is 1.98. The lowest BCUT2D eigenvalue weighted by Crippen LogP contribution is -2.43. The van der Waals surface area contributed by atoms with Crippen molar-refractivity contribution in [3.63, 3.8) is 0 Å². The average Bonchev–Trinajstić information content (AvgIpc) is 2.85. The molecule has 26 heavy (non-hydrogen) atoms. The zero-order chi connectivity index (χ0) is 18.5. The van der Waals surface area contributed by atoms with E-state index in [1.165, 1.54) is 0 Å². The second kappa shape index (κ2) is 8.08. The molecule has 1 aliphatic rings. The minimum atomic E-state index is -0.348. The summed E-state index contributed by atoms with van der Waals surface area (Å²) in [6.45, 7) is 4.58. The number of rotatable bonds is 5. The van der Waals surface area contributed by atoms with E-state index in [-0.39, 0.29) is 24.0 Å². The molecule has 1 saturated heterocycles. The highest BCUT2D eigenvalue weighted by molar-refractivity contribution is 5.25. The van der Waals surface area contributed by atoms with Gasteiger partial charge in [-0.25, -0.2) is 5.01 Å². The van der Waals surface area contributed by atoms with Gasteiger partial charge in [-0.1, -0.05) is 74.5 Å². The van der Waals surface area contributed by atoms with Gasteiger partial charge in [-0.05, 0) is 23.5 Å². The van der Waals surface area contributed by atoms with Crippen molar-refractivity contribution >= 4 is 0 Å². The molecule has 1 fully saturated rings. The molecule has 0 N–H and O–H groups in total. The second-order valence-electron chi connectivity index (χ2n) is 7.01. The molecule has 136 valence electrons. The van der Waals surface area contributed by atoms with Gasteiger partial charge in [-0.2, -0.15) is 0 Å². The van der Waals surface area contributed by atoms with E-state index in [9.17, 15) is 9.81 Å². The van der Waals surface area contributed by atoms with Crippen molar-refractivity contribution in [2.45, 2.75) is 38.4 Å². The normalized spacial score (nSPS) is 23.6. The summed E-state index contributed by atoms with van der Waals surface area (Å²) in [5, 5.41) is 9.95. The Labute approximate surface area is 153 Å². The van der Waals surface area contributed by atoms with Crippen LogP contribution in [0.4, 0.5) is 0 Å². The van der Waals surface area contributed by atoms with Crippen LogP contribution in [0.25, 0.3) is 0 Å². The topological polar surface area (TPSA) is 65.3 Å². The Bertz CT molecular complexity index is 723. The molecule has 0 radical (unpaired) electrons. The lowest BCUT2D eigenvalue weighted by molar-refractivity contribution is 0.0627. The summed E-state index contributed by atoms with van der Waals surface area (Å²) in [5.74, 6) is 0.122. The Balaban J connectivity index is 2.13. The van der Waals surface area contributed by atoms with Gasteiger partial charge >= 0.3 is 0 Å². The Hall–Kier alpha value is -2.76. The molecule has 6 nitrogen and oxygen atoms in total. The second-order valence-corrected chi connectivity index (χ2v) is 7.01. The SMILES string of the molecule is CC(C)[C@H]1[C@H](c2ccccc2)N(N=O)[C@H](c2ccccc2)CCN1N=O. The summed E-state index contributed by atoms with van der Waals surface area (Å²) < 4.78 is 0. The summed E-state index contributed by atoms with van der Waals surface area (Å²) in [7, 11) is 0. The van der Waals surface area contributed by atoms with E-state index in [2.05, 4.69) is 10.6 Å². The van der Waals surface area contributed by atoms with Crippen LogP contribution in [-0.2, 0) is 0 Å². The predicted molar refractivity (Wildman–Crippen MR) is 102 cm³/mol. The van der Waals surface area contributed by atoms with Crippen molar-refractivity contribution < 1.29 is 0 Å². The van der Waals surface area contributed by atoms with Crippen LogP contribution in [0.1, 0.15) is 43.5 Å². The maximum Gasteiger partial charge on any atom is 0.0982 e. The van der Waals surface area contributed by atoms with Crippen LogP contribution in [0.3, 0.4) is 0 Å². The molecule has 1 heterocycles. The Morgan fingerprint density at radius 3 is 1.96 bits per heavy atom. The Kier molecular flexibility index (Phi) is 5.61. The third-order valence-electron chi connectivity index (χ3n) is 5.11. The van der Waals surface area contributed by atoms with Crippen molar-refractivity contribution in [3.05, 3.63) is 81.6 Å². The standard InChI is InChI=1S/C20H24N4O2/c1-15(2)19-20(17-11-7-4-8-12-17)24(22-26)18(13-14-23(19)21-25)16-9-5-3-6-10-16/h3-12,15,18-20H,13-14H2,1-2H3/t18-,19-,20-/m0/s1. The zero-order valence-corrected chi connectivity index (χ0v) is 15.1.